The Labute approximate surface area is 189 Å². The Hall–Kier alpha value is -2.91. The number of fused-ring (bicyclic) bond motifs is 1. The molecule has 162 valence electrons. The fourth-order valence-electron chi connectivity index (χ4n) is 3.30. The van der Waals surface area contributed by atoms with E-state index in [1.807, 2.05) is 44.2 Å². The molecule has 4 rings (SSSR count). The predicted octanol–water partition coefficient (Wildman–Crippen LogP) is 4.05. The number of ether oxygens (including phenoxy) is 2. The molecular formula is C21H22ClN5O3S. The van der Waals surface area contributed by atoms with Gasteiger partial charge >= 0.3 is 0 Å². The van der Waals surface area contributed by atoms with Gasteiger partial charge in [-0.1, -0.05) is 29.4 Å². The van der Waals surface area contributed by atoms with Crippen LogP contribution in [0.15, 0.2) is 47.6 Å². The van der Waals surface area contributed by atoms with Crippen molar-refractivity contribution in [2.45, 2.75) is 30.3 Å². The summed E-state index contributed by atoms with van der Waals surface area (Å²) in [6.07, 6.45) is 0. The van der Waals surface area contributed by atoms with E-state index in [9.17, 15) is 4.79 Å². The number of benzene rings is 2. The van der Waals surface area contributed by atoms with Gasteiger partial charge in [-0.2, -0.15) is 0 Å². The van der Waals surface area contributed by atoms with Crippen molar-refractivity contribution < 1.29 is 14.3 Å². The van der Waals surface area contributed by atoms with Crippen LogP contribution in [0.2, 0.25) is 5.02 Å². The fraction of sp³-hybridized carbons (Fsp3) is 0.286. The molecule has 0 bridgehead atoms. The number of carbonyl (C=O) groups is 1. The average Bonchev–Trinajstić information content (AvgIpc) is 3.14. The van der Waals surface area contributed by atoms with Crippen molar-refractivity contribution in [2.24, 2.45) is 0 Å². The number of rotatable bonds is 6. The van der Waals surface area contributed by atoms with Gasteiger partial charge in [-0.15, -0.1) is 10.2 Å². The first-order valence-corrected chi connectivity index (χ1v) is 11.0. The van der Waals surface area contributed by atoms with E-state index >= 15 is 0 Å². The maximum Gasteiger partial charge on any atom is 0.240 e. The van der Waals surface area contributed by atoms with Gasteiger partial charge in [0, 0.05) is 5.69 Å². The fourth-order valence-corrected chi connectivity index (χ4v) is 4.69. The monoisotopic (exact) mass is 459 g/mol. The van der Waals surface area contributed by atoms with Gasteiger partial charge in [-0.25, -0.2) is 4.68 Å². The maximum absolute atomic E-state index is 13.3. The standard InChI is InChI=1S/C21H22ClN5O3S/c1-4-30-15-8-6-14(7-9-15)23-20(28)19-18(13-5-10-17(29-3)16(22)11-13)26-27-12(2)24-25-21(27)31-19/h5-11,18-19,26H,4H2,1-3H3,(H,23,28)/t18-,19-/m1/s1. The minimum absolute atomic E-state index is 0.162. The van der Waals surface area contributed by atoms with E-state index < -0.39 is 5.25 Å². The van der Waals surface area contributed by atoms with E-state index in [1.54, 1.807) is 23.9 Å². The maximum atomic E-state index is 13.3. The van der Waals surface area contributed by atoms with E-state index in [1.165, 1.54) is 11.8 Å². The molecule has 0 spiro atoms. The SMILES string of the molecule is CCOc1ccc(NC(=O)[C@@H]2Sc3nnc(C)n3N[C@@H]2c2ccc(OC)c(Cl)c2)cc1. The molecule has 0 radical (unpaired) electrons. The van der Waals surface area contributed by atoms with Crippen molar-refractivity contribution in [3.63, 3.8) is 0 Å². The molecule has 1 aliphatic rings. The van der Waals surface area contributed by atoms with Crippen molar-refractivity contribution in [1.82, 2.24) is 14.9 Å². The van der Waals surface area contributed by atoms with Gasteiger partial charge in [0.1, 0.15) is 22.6 Å². The van der Waals surface area contributed by atoms with E-state index in [2.05, 4.69) is 20.9 Å². The van der Waals surface area contributed by atoms with Crippen LogP contribution in [-0.2, 0) is 4.79 Å². The van der Waals surface area contributed by atoms with Crippen molar-refractivity contribution in [2.75, 3.05) is 24.5 Å². The molecule has 3 aromatic rings. The van der Waals surface area contributed by atoms with Crippen molar-refractivity contribution in [1.29, 1.82) is 0 Å². The Morgan fingerprint density at radius 3 is 2.71 bits per heavy atom. The molecule has 8 nitrogen and oxygen atoms in total. The lowest BCUT2D eigenvalue weighted by molar-refractivity contribution is -0.116. The Morgan fingerprint density at radius 1 is 1.26 bits per heavy atom. The number of halogens is 1. The molecule has 10 heteroatoms. The third-order valence-electron chi connectivity index (χ3n) is 4.82. The minimum atomic E-state index is -0.507. The smallest absolute Gasteiger partial charge is 0.240 e. The topological polar surface area (TPSA) is 90.3 Å². The molecule has 2 N–H and O–H groups in total. The normalized spacial score (nSPS) is 17.4. The Balaban J connectivity index is 1.62. The summed E-state index contributed by atoms with van der Waals surface area (Å²) in [5.41, 5.74) is 4.89. The van der Waals surface area contributed by atoms with Crippen LogP contribution < -0.4 is 20.2 Å². The Morgan fingerprint density at radius 2 is 2.03 bits per heavy atom. The second-order valence-corrected chi connectivity index (χ2v) is 8.37. The number of aryl methyl sites for hydroxylation is 1. The van der Waals surface area contributed by atoms with E-state index in [0.717, 1.165) is 11.3 Å². The highest BCUT2D eigenvalue weighted by atomic mass is 35.5. The molecule has 0 saturated carbocycles. The minimum Gasteiger partial charge on any atom is -0.495 e. The molecule has 1 amide bonds. The molecule has 0 saturated heterocycles. The molecule has 2 atom stereocenters. The lowest BCUT2D eigenvalue weighted by atomic mass is 10.0. The van der Waals surface area contributed by atoms with Gasteiger partial charge in [0.25, 0.3) is 0 Å². The van der Waals surface area contributed by atoms with Crippen LogP contribution >= 0.6 is 23.4 Å². The second kappa shape index (κ2) is 9.07. The average molecular weight is 460 g/mol. The zero-order valence-electron chi connectivity index (χ0n) is 17.3. The molecule has 2 heterocycles. The van der Waals surface area contributed by atoms with Crippen LogP contribution in [0.4, 0.5) is 5.69 Å². The number of nitrogens with zero attached hydrogens (tertiary/aromatic N) is 3. The number of aromatic nitrogens is 3. The molecule has 2 aromatic carbocycles. The van der Waals surface area contributed by atoms with E-state index in [4.69, 9.17) is 21.1 Å². The summed E-state index contributed by atoms with van der Waals surface area (Å²) in [6.45, 7) is 4.36. The molecule has 1 aliphatic heterocycles. The van der Waals surface area contributed by atoms with E-state index in [-0.39, 0.29) is 11.9 Å². The van der Waals surface area contributed by atoms with Crippen LogP contribution in [-0.4, -0.2) is 39.7 Å². The summed E-state index contributed by atoms with van der Waals surface area (Å²) < 4.78 is 12.5. The molecule has 0 unspecified atom stereocenters. The molecule has 0 aliphatic carbocycles. The number of thioether (sulfide) groups is 1. The lowest BCUT2D eigenvalue weighted by Crippen LogP contribution is -2.41. The summed E-state index contributed by atoms with van der Waals surface area (Å²) in [6, 6.07) is 12.4. The summed E-state index contributed by atoms with van der Waals surface area (Å²) in [7, 11) is 1.56. The van der Waals surface area contributed by atoms with Crippen LogP contribution in [0.25, 0.3) is 0 Å². The highest BCUT2D eigenvalue weighted by Gasteiger charge is 2.37. The highest BCUT2D eigenvalue weighted by Crippen LogP contribution is 2.39. The number of hydrogen-bond acceptors (Lipinski definition) is 7. The Kier molecular flexibility index (Phi) is 6.24. The second-order valence-electron chi connectivity index (χ2n) is 6.85. The number of methoxy groups -OCH3 is 1. The van der Waals surface area contributed by atoms with E-state index in [0.29, 0.717) is 34.0 Å². The lowest BCUT2D eigenvalue weighted by Gasteiger charge is -2.33. The van der Waals surface area contributed by atoms with Crippen molar-refractivity contribution >= 4 is 35.0 Å². The van der Waals surface area contributed by atoms with Crippen LogP contribution in [0.3, 0.4) is 0 Å². The predicted molar refractivity (Wildman–Crippen MR) is 121 cm³/mol. The van der Waals surface area contributed by atoms with Crippen LogP contribution in [0.1, 0.15) is 24.4 Å². The molecular weight excluding hydrogens is 438 g/mol. The van der Waals surface area contributed by atoms with Gasteiger partial charge in [-0.05, 0) is 55.8 Å². The number of anilines is 1. The Bertz CT molecular complexity index is 1090. The van der Waals surface area contributed by atoms with Gasteiger partial charge in [0.05, 0.1) is 24.8 Å². The molecule has 0 fully saturated rings. The largest absolute Gasteiger partial charge is 0.495 e. The van der Waals surface area contributed by atoms with Crippen LogP contribution in [0, 0.1) is 6.92 Å². The number of amides is 1. The zero-order chi connectivity index (χ0) is 22.0. The first kappa shape index (κ1) is 21.3. The summed E-state index contributed by atoms with van der Waals surface area (Å²) in [5, 5.41) is 11.9. The van der Waals surface area contributed by atoms with Crippen LogP contribution in [0.5, 0.6) is 11.5 Å². The first-order valence-electron chi connectivity index (χ1n) is 9.72. The van der Waals surface area contributed by atoms with Gasteiger partial charge < -0.3 is 20.2 Å². The molecule has 31 heavy (non-hydrogen) atoms. The van der Waals surface area contributed by atoms with Gasteiger partial charge in [0.15, 0.2) is 0 Å². The summed E-state index contributed by atoms with van der Waals surface area (Å²) in [5.74, 6) is 1.87. The zero-order valence-corrected chi connectivity index (χ0v) is 18.8. The first-order chi connectivity index (χ1) is 15.0. The third kappa shape index (κ3) is 4.42. The number of carbonyl (C=O) groups excluding carboxylic acids is 1. The van der Waals surface area contributed by atoms with Gasteiger partial charge in [-0.3, -0.25) is 4.79 Å². The van der Waals surface area contributed by atoms with Crippen molar-refractivity contribution in [3.8, 4) is 11.5 Å². The third-order valence-corrected chi connectivity index (χ3v) is 6.34. The number of hydrogen-bond donors (Lipinski definition) is 2. The highest BCUT2D eigenvalue weighted by molar-refractivity contribution is 8.00. The quantitative estimate of drug-likeness (QED) is 0.574. The summed E-state index contributed by atoms with van der Waals surface area (Å²) >= 11 is 7.70. The van der Waals surface area contributed by atoms with Gasteiger partial charge in [0.2, 0.25) is 11.1 Å². The summed E-state index contributed by atoms with van der Waals surface area (Å²) in [4.78, 5) is 13.3. The molecule has 1 aromatic heterocycles. The number of nitrogens with one attached hydrogen (secondary N) is 2. The van der Waals surface area contributed by atoms with Crippen molar-refractivity contribution in [3.05, 3.63) is 58.9 Å².